The summed E-state index contributed by atoms with van der Waals surface area (Å²) in [6.45, 7) is 4.59. The van der Waals surface area contributed by atoms with Crippen LogP contribution in [0.5, 0.6) is 0 Å². The Kier molecular flexibility index (Phi) is 29.2. The lowest BCUT2D eigenvalue weighted by Crippen LogP contribution is -1.82. The Hall–Kier alpha value is -1.82. The Morgan fingerprint density at radius 2 is 0.595 bits per heavy atom. The Balaban J connectivity index is 1.97. The van der Waals surface area contributed by atoms with Gasteiger partial charge in [0.1, 0.15) is 0 Å². The number of rotatable bonds is 30. The van der Waals surface area contributed by atoms with Crippen molar-refractivity contribution < 1.29 is 0 Å². The first-order valence-corrected chi connectivity index (χ1v) is 18.6. The molecule has 0 heteroatoms. The maximum absolute atomic E-state index is 2.33. The molecule has 0 heterocycles. The summed E-state index contributed by atoms with van der Waals surface area (Å²) >= 11 is 0. The maximum Gasteiger partial charge on any atom is -0.0256 e. The van der Waals surface area contributed by atoms with Crippen molar-refractivity contribution in [2.75, 3.05) is 0 Å². The summed E-state index contributed by atoms with van der Waals surface area (Å²) in [5, 5.41) is 0. The molecule has 0 saturated carbocycles. The van der Waals surface area contributed by atoms with Gasteiger partial charge in [-0.15, -0.1) is 0 Å². The van der Waals surface area contributed by atoms with Gasteiger partial charge in [-0.25, -0.2) is 0 Å². The fourth-order valence-electron chi connectivity index (χ4n) is 5.61. The normalized spacial score (nSPS) is 12.2. The zero-order valence-electron chi connectivity index (χ0n) is 28.3. The average molecular weight is 575 g/mol. The van der Waals surface area contributed by atoms with E-state index in [4.69, 9.17) is 0 Å². The Morgan fingerprint density at radius 1 is 0.333 bits per heavy atom. The minimum atomic E-state index is 1.21. The molecule has 42 heavy (non-hydrogen) atoms. The number of hydrogen-bond donors (Lipinski definition) is 0. The molecule has 0 radical (unpaired) electrons. The lowest BCUT2D eigenvalue weighted by atomic mass is 10.0. The number of hydrogen-bond acceptors (Lipinski definition) is 0. The lowest BCUT2D eigenvalue weighted by Gasteiger charge is -2.02. The molecule has 0 aromatic heterocycles. The summed E-state index contributed by atoms with van der Waals surface area (Å²) in [4.78, 5) is 0. The lowest BCUT2D eigenvalue weighted by molar-refractivity contribution is 0.545. The molecule has 0 spiro atoms. The van der Waals surface area contributed by atoms with E-state index in [1.54, 1.807) is 0 Å². The van der Waals surface area contributed by atoms with Gasteiger partial charge in [-0.05, 0) is 36.8 Å². The topological polar surface area (TPSA) is 0 Å². The van der Waals surface area contributed by atoms with E-state index in [2.05, 4.69) is 86.7 Å². The van der Waals surface area contributed by atoms with Crippen LogP contribution >= 0.6 is 0 Å². The fourth-order valence-corrected chi connectivity index (χ4v) is 5.61. The second-order valence-electron chi connectivity index (χ2n) is 12.6. The van der Waals surface area contributed by atoms with E-state index in [1.165, 1.54) is 178 Å². The van der Waals surface area contributed by atoms with Gasteiger partial charge in [-0.2, -0.15) is 0 Å². The smallest absolute Gasteiger partial charge is 0.0256 e. The molecule has 0 atom stereocenters. The van der Waals surface area contributed by atoms with Gasteiger partial charge >= 0.3 is 0 Å². The highest BCUT2D eigenvalue weighted by Crippen LogP contribution is 2.14. The summed E-state index contributed by atoms with van der Waals surface area (Å²) in [5.74, 6) is 0. The van der Waals surface area contributed by atoms with Crippen LogP contribution in [0.3, 0.4) is 0 Å². The molecular formula is C42H70. The van der Waals surface area contributed by atoms with Gasteiger partial charge in [0.25, 0.3) is 0 Å². The van der Waals surface area contributed by atoms with Crippen molar-refractivity contribution in [3.8, 4) is 0 Å². The molecule has 0 aliphatic rings. The van der Waals surface area contributed by atoms with E-state index in [-0.39, 0.29) is 0 Å². The molecule has 0 amide bonds. The Labute approximate surface area is 264 Å². The van der Waals surface area contributed by atoms with Crippen LogP contribution in [0, 0.1) is 0 Å². The first-order valence-electron chi connectivity index (χ1n) is 18.6. The van der Waals surface area contributed by atoms with Crippen molar-refractivity contribution in [1.29, 1.82) is 0 Å². The molecule has 0 nitrogen and oxygen atoms in total. The molecular weight excluding hydrogens is 504 g/mol. The summed E-state index contributed by atoms with van der Waals surface area (Å²) in [7, 11) is 0. The minimum Gasteiger partial charge on any atom is -0.0845 e. The third-order valence-corrected chi connectivity index (χ3v) is 8.46. The summed E-state index contributed by atoms with van der Waals surface area (Å²) in [5.41, 5.74) is 2.54. The van der Waals surface area contributed by atoms with E-state index in [1.807, 2.05) is 0 Å². The van der Waals surface area contributed by atoms with Gasteiger partial charge in [0, 0.05) is 0 Å². The number of allylic oxidation sites excluding steroid dienone is 6. The zero-order chi connectivity index (χ0) is 30.0. The fraction of sp³-hybridized carbons (Fsp3) is 0.667. The van der Waals surface area contributed by atoms with Gasteiger partial charge in [-0.3, -0.25) is 0 Å². The van der Waals surface area contributed by atoms with Gasteiger partial charge in [0.05, 0.1) is 0 Å². The van der Waals surface area contributed by atoms with Crippen molar-refractivity contribution in [3.63, 3.8) is 0 Å². The van der Waals surface area contributed by atoms with Gasteiger partial charge in [0.2, 0.25) is 0 Å². The van der Waals surface area contributed by atoms with E-state index in [0.717, 1.165) is 0 Å². The highest BCUT2D eigenvalue weighted by atomic mass is 14.0. The monoisotopic (exact) mass is 575 g/mol. The van der Waals surface area contributed by atoms with E-state index in [0.29, 0.717) is 0 Å². The second kappa shape index (κ2) is 32.1. The first kappa shape index (κ1) is 38.2. The number of unbranched alkanes of at least 4 members (excludes halogenated alkanes) is 24. The highest BCUT2D eigenvalue weighted by molar-refractivity contribution is 5.57. The molecule has 1 aromatic rings. The minimum absolute atomic E-state index is 1.21. The van der Waals surface area contributed by atoms with E-state index >= 15 is 0 Å². The molecule has 0 aliphatic heterocycles. The Bertz CT molecular complexity index is 708. The van der Waals surface area contributed by atoms with Crippen LogP contribution in [0.1, 0.15) is 192 Å². The molecule has 0 saturated heterocycles. The first-order chi connectivity index (χ1) is 20.9. The molecule has 0 bridgehead atoms. The zero-order valence-corrected chi connectivity index (χ0v) is 28.3. The van der Waals surface area contributed by atoms with Gasteiger partial charge in [-0.1, -0.05) is 228 Å². The third-order valence-electron chi connectivity index (χ3n) is 8.46. The predicted molar refractivity (Wildman–Crippen MR) is 194 cm³/mol. The predicted octanol–water partition coefficient (Wildman–Crippen LogP) is 15.0. The second-order valence-corrected chi connectivity index (χ2v) is 12.6. The van der Waals surface area contributed by atoms with Gasteiger partial charge in [0.15, 0.2) is 0 Å². The van der Waals surface area contributed by atoms with Crippen molar-refractivity contribution in [1.82, 2.24) is 0 Å². The SMILES string of the molecule is CCCCCCCCCCCCCC/C=C/C=C/c1ccc(/C=C/C=C/CCCCCCCCCCCCCC)cc1. The molecule has 0 aliphatic carbocycles. The van der Waals surface area contributed by atoms with E-state index < -0.39 is 0 Å². The largest absolute Gasteiger partial charge is 0.0845 e. The van der Waals surface area contributed by atoms with Crippen LogP contribution in [0.15, 0.2) is 60.7 Å². The van der Waals surface area contributed by atoms with Crippen molar-refractivity contribution in [3.05, 3.63) is 71.8 Å². The molecule has 1 rings (SSSR count). The summed E-state index contributed by atoms with van der Waals surface area (Å²) < 4.78 is 0. The third kappa shape index (κ3) is 27.0. The van der Waals surface area contributed by atoms with Crippen molar-refractivity contribution in [2.24, 2.45) is 0 Å². The standard InChI is InChI=1S/C42H70/c1-3-5-7-9-11-13-15-17-19-21-23-25-27-29-31-33-35-41-37-39-42(40-38-41)36-34-32-30-28-26-24-22-20-18-16-14-12-10-8-6-4-2/h29-40H,3-28H2,1-2H3/b31-29+,32-30+,35-33+,36-34+. The molecule has 0 N–H and O–H groups in total. The van der Waals surface area contributed by atoms with Crippen LogP contribution in [0.2, 0.25) is 0 Å². The summed E-state index contributed by atoms with van der Waals surface area (Å²) in [6, 6.07) is 8.85. The summed E-state index contributed by atoms with van der Waals surface area (Å²) in [6.07, 6.45) is 54.4. The van der Waals surface area contributed by atoms with Crippen LogP contribution in [0.25, 0.3) is 12.2 Å². The molecule has 1 aromatic carbocycles. The van der Waals surface area contributed by atoms with Crippen LogP contribution in [0.4, 0.5) is 0 Å². The molecule has 0 fully saturated rings. The Morgan fingerprint density at radius 3 is 0.881 bits per heavy atom. The van der Waals surface area contributed by atoms with Crippen LogP contribution in [-0.2, 0) is 0 Å². The van der Waals surface area contributed by atoms with Crippen molar-refractivity contribution in [2.45, 2.75) is 181 Å². The average Bonchev–Trinajstić information content (AvgIpc) is 3.01. The van der Waals surface area contributed by atoms with E-state index in [9.17, 15) is 0 Å². The molecule has 0 unspecified atom stereocenters. The molecule has 238 valence electrons. The van der Waals surface area contributed by atoms with Crippen molar-refractivity contribution >= 4 is 12.2 Å². The maximum atomic E-state index is 2.33. The van der Waals surface area contributed by atoms with Crippen LogP contribution in [-0.4, -0.2) is 0 Å². The highest BCUT2D eigenvalue weighted by Gasteiger charge is 1.94. The number of benzene rings is 1. The van der Waals surface area contributed by atoms with Crippen LogP contribution < -0.4 is 0 Å². The van der Waals surface area contributed by atoms with Gasteiger partial charge < -0.3 is 0 Å². The quantitative estimate of drug-likeness (QED) is 0.0633.